The number of nitrogens with one attached hydrogen (secondary N) is 2. The van der Waals surface area contributed by atoms with E-state index in [0.717, 1.165) is 11.3 Å². The van der Waals surface area contributed by atoms with Gasteiger partial charge in [-0.15, -0.1) is 11.3 Å². The van der Waals surface area contributed by atoms with Crippen molar-refractivity contribution in [3.8, 4) is 0 Å². The summed E-state index contributed by atoms with van der Waals surface area (Å²) in [6.45, 7) is 6.62. The maximum Gasteiger partial charge on any atom is 0.271 e. The van der Waals surface area contributed by atoms with Crippen molar-refractivity contribution >= 4 is 27.0 Å². The SMILES string of the molecule is Cc1ccc(NS(=O)(=O)c2cc(CNC(C)C)cs2)cn1. The van der Waals surface area contributed by atoms with Gasteiger partial charge in [0.15, 0.2) is 0 Å². The Kier molecular flexibility index (Phi) is 4.97. The summed E-state index contributed by atoms with van der Waals surface area (Å²) in [7, 11) is -3.54. The molecule has 0 bridgehead atoms. The zero-order valence-electron chi connectivity index (χ0n) is 12.3. The molecule has 2 N–H and O–H groups in total. The van der Waals surface area contributed by atoms with Crippen molar-refractivity contribution in [2.24, 2.45) is 0 Å². The van der Waals surface area contributed by atoms with Gasteiger partial charge in [0, 0.05) is 18.3 Å². The van der Waals surface area contributed by atoms with E-state index in [9.17, 15) is 8.42 Å². The second-order valence-corrected chi connectivity index (χ2v) is 7.92. The van der Waals surface area contributed by atoms with Crippen LogP contribution in [-0.4, -0.2) is 19.4 Å². The molecule has 0 aliphatic rings. The van der Waals surface area contributed by atoms with Crippen molar-refractivity contribution in [3.05, 3.63) is 41.0 Å². The predicted molar refractivity (Wildman–Crippen MR) is 86.1 cm³/mol. The predicted octanol–water partition coefficient (Wildman–Crippen LogP) is 2.75. The van der Waals surface area contributed by atoms with Crippen LogP contribution in [0.4, 0.5) is 5.69 Å². The van der Waals surface area contributed by atoms with Crippen LogP contribution in [0, 0.1) is 6.92 Å². The molecule has 0 aliphatic heterocycles. The number of hydrogen-bond acceptors (Lipinski definition) is 5. The minimum Gasteiger partial charge on any atom is -0.310 e. The molecule has 21 heavy (non-hydrogen) atoms. The zero-order chi connectivity index (χ0) is 15.5. The number of aryl methyl sites for hydroxylation is 1. The fourth-order valence-electron chi connectivity index (χ4n) is 1.64. The number of pyridine rings is 1. The summed E-state index contributed by atoms with van der Waals surface area (Å²) in [5.41, 5.74) is 2.28. The fourth-order valence-corrected chi connectivity index (χ4v) is 3.89. The summed E-state index contributed by atoms with van der Waals surface area (Å²) in [5, 5.41) is 5.12. The van der Waals surface area contributed by atoms with E-state index in [1.54, 1.807) is 18.2 Å². The molecule has 114 valence electrons. The Labute approximate surface area is 129 Å². The lowest BCUT2D eigenvalue weighted by molar-refractivity contribution is 0.589. The molecule has 0 amide bonds. The van der Waals surface area contributed by atoms with Crippen LogP contribution >= 0.6 is 11.3 Å². The molecule has 0 unspecified atom stereocenters. The first-order valence-electron chi connectivity index (χ1n) is 6.63. The Morgan fingerprint density at radius 2 is 2.10 bits per heavy atom. The average molecular weight is 325 g/mol. The van der Waals surface area contributed by atoms with Gasteiger partial charge in [-0.05, 0) is 36.1 Å². The Bertz CT molecular complexity index is 691. The van der Waals surface area contributed by atoms with E-state index in [-0.39, 0.29) is 0 Å². The standard InChI is InChI=1S/C14H19N3O2S2/c1-10(2)15-7-12-6-14(20-9-12)21(18,19)17-13-5-4-11(3)16-8-13/h4-6,8-10,15,17H,7H2,1-3H3. The van der Waals surface area contributed by atoms with Crippen LogP contribution in [0.1, 0.15) is 25.1 Å². The van der Waals surface area contributed by atoms with E-state index in [1.165, 1.54) is 17.5 Å². The van der Waals surface area contributed by atoms with E-state index < -0.39 is 10.0 Å². The van der Waals surface area contributed by atoms with Crippen LogP contribution in [0.3, 0.4) is 0 Å². The van der Waals surface area contributed by atoms with Crippen molar-refractivity contribution < 1.29 is 8.42 Å². The Morgan fingerprint density at radius 1 is 1.33 bits per heavy atom. The largest absolute Gasteiger partial charge is 0.310 e. The molecule has 2 heterocycles. The second-order valence-electron chi connectivity index (χ2n) is 5.10. The first-order chi connectivity index (χ1) is 9.87. The number of hydrogen-bond donors (Lipinski definition) is 2. The van der Waals surface area contributed by atoms with Crippen LogP contribution < -0.4 is 10.0 Å². The molecule has 5 nitrogen and oxygen atoms in total. The Balaban J connectivity index is 2.10. The molecule has 0 saturated carbocycles. The van der Waals surface area contributed by atoms with Crippen LogP contribution in [0.25, 0.3) is 0 Å². The molecule has 0 aromatic carbocycles. The second kappa shape index (κ2) is 6.55. The first-order valence-corrected chi connectivity index (χ1v) is 8.99. The van der Waals surface area contributed by atoms with Gasteiger partial charge in [-0.1, -0.05) is 13.8 Å². The molecule has 0 fully saturated rings. The minimum absolute atomic E-state index is 0.309. The smallest absolute Gasteiger partial charge is 0.271 e. The molecule has 0 spiro atoms. The van der Waals surface area contributed by atoms with Gasteiger partial charge in [-0.3, -0.25) is 9.71 Å². The van der Waals surface area contributed by atoms with Crippen LogP contribution in [-0.2, 0) is 16.6 Å². The quantitative estimate of drug-likeness (QED) is 0.857. The van der Waals surface area contributed by atoms with Gasteiger partial charge in [0.1, 0.15) is 4.21 Å². The number of aromatic nitrogens is 1. The highest BCUT2D eigenvalue weighted by molar-refractivity contribution is 7.94. The van der Waals surface area contributed by atoms with Crippen molar-refractivity contribution in [2.45, 2.75) is 37.6 Å². The zero-order valence-corrected chi connectivity index (χ0v) is 13.9. The van der Waals surface area contributed by atoms with E-state index >= 15 is 0 Å². The van der Waals surface area contributed by atoms with Gasteiger partial charge in [0.25, 0.3) is 10.0 Å². The highest BCUT2D eigenvalue weighted by Crippen LogP contribution is 2.23. The third-order valence-electron chi connectivity index (χ3n) is 2.77. The molecule has 2 aromatic heterocycles. The lowest BCUT2D eigenvalue weighted by atomic mass is 10.3. The summed E-state index contributed by atoms with van der Waals surface area (Å²) in [4.78, 5) is 4.08. The highest BCUT2D eigenvalue weighted by Gasteiger charge is 2.17. The number of thiophene rings is 1. The van der Waals surface area contributed by atoms with E-state index in [4.69, 9.17) is 0 Å². The normalized spacial score (nSPS) is 11.8. The van der Waals surface area contributed by atoms with Crippen molar-refractivity contribution in [2.75, 3.05) is 4.72 Å². The molecule has 0 atom stereocenters. The van der Waals surface area contributed by atoms with Gasteiger partial charge in [-0.25, -0.2) is 8.42 Å². The molecule has 0 radical (unpaired) electrons. The molecule has 0 aliphatic carbocycles. The summed E-state index contributed by atoms with van der Waals surface area (Å²) < 4.78 is 27.4. The molecular weight excluding hydrogens is 306 g/mol. The monoisotopic (exact) mass is 325 g/mol. The molecular formula is C14H19N3O2S2. The van der Waals surface area contributed by atoms with Gasteiger partial charge in [0.2, 0.25) is 0 Å². The summed E-state index contributed by atoms with van der Waals surface area (Å²) >= 11 is 1.22. The van der Waals surface area contributed by atoms with Gasteiger partial charge >= 0.3 is 0 Å². The van der Waals surface area contributed by atoms with Crippen LogP contribution in [0.2, 0.25) is 0 Å². The maximum absolute atomic E-state index is 12.3. The molecule has 2 rings (SSSR count). The number of sulfonamides is 1. The summed E-state index contributed by atoms with van der Waals surface area (Å²) in [6.07, 6.45) is 1.52. The van der Waals surface area contributed by atoms with Gasteiger partial charge in [0.05, 0.1) is 11.9 Å². The van der Waals surface area contributed by atoms with Crippen molar-refractivity contribution in [1.82, 2.24) is 10.3 Å². The number of nitrogens with zero attached hydrogens (tertiary/aromatic N) is 1. The van der Waals surface area contributed by atoms with E-state index in [0.29, 0.717) is 22.5 Å². The third-order valence-corrected chi connectivity index (χ3v) is 5.64. The molecule has 0 saturated heterocycles. The number of anilines is 1. The van der Waals surface area contributed by atoms with Crippen molar-refractivity contribution in [1.29, 1.82) is 0 Å². The lowest BCUT2D eigenvalue weighted by Crippen LogP contribution is -2.21. The maximum atomic E-state index is 12.3. The average Bonchev–Trinajstić information content (AvgIpc) is 2.88. The molecule has 2 aromatic rings. The van der Waals surface area contributed by atoms with Gasteiger partial charge in [-0.2, -0.15) is 0 Å². The van der Waals surface area contributed by atoms with Gasteiger partial charge < -0.3 is 5.32 Å². The topological polar surface area (TPSA) is 71.1 Å². The lowest BCUT2D eigenvalue weighted by Gasteiger charge is -2.06. The summed E-state index contributed by atoms with van der Waals surface area (Å²) in [5.74, 6) is 0. The van der Waals surface area contributed by atoms with Crippen LogP contribution in [0.15, 0.2) is 34.0 Å². The summed E-state index contributed by atoms with van der Waals surface area (Å²) in [6, 6.07) is 5.53. The van der Waals surface area contributed by atoms with Crippen LogP contribution in [0.5, 0.6) is 0 Å². The third kappa shape index (κ3) is 4.52. The molecule has 7 heteroatoms. The van der Waals surface area contributed by atoms with E-state index in [2.05, 4.69) is 28.9 Å². The highest BCUT2D eigenvalue weighted by atomic mass is 32.2. The number of rotatable bonds is 6. The fraction of sp³-hybridized carbons (Fsp3) is 0.357. The van der Waals surface area contributed by atoms with E-state index in [1.807, 2.05) is 12.3 Å². The first kappa shape index (κ1) is 15.9. The minimum atomic E-state index is -3.54. The Hall–Kier alpha value is -1.44. The van der Waals surface area contributed by atoms with Crippen molar-refractivity contribution in [3.63, 3.8) is 0 Å². The Morgan fingerprint density at radius 3 is 2.71 bits per heavy atom.